The summed E-state index contributed by atoms with van der Waals surface area (Å²) in [5, 5.41) is 6.41. The highest BCUT2D eigenvalue weighted by Gasteiger charge is 2.25. The molecule has 2 N–H and O–H groups in total. The summed E-state index contributed by atoms with van der Waals surface area (Å²) in [7, 11) is 1.36. The molecule has 0 bridgehead atoms. The van der Waals surface area contributed by atoms with Crippen LogP contribution in [0.5, 0.6) is 0 Å². The molecule has 1 heterocycles. The van der Waals surface area contributed by atoms with Crippen LogP contribution in [0.15, 0.2) is 35.8 Å². The van der Waals surface area contributed by atoms with E-state index in [1.807, 2.05) is 26.0 Å². The van der Waals surface area contributed by atoms with Crippen LogP contribution in [0.4, 0.5) is 0 Å². The summed E-state index contributed by atoms with van der Waals surface area (Å²) in [4.78, 5) is 12.1. The molecule has 0 saturated heterocycles. The SMILES string of the molecule is CCOC1=C(C)NC(=S)C(c2ccc(C(=O)OC)cc2)N1. The number of hydrogen-bond acceptors (Lipinski definition) is 5. The molecule has 0 aliphatic carbocycles. The first kappa shape index (κ1) is 15.3. The zero-order chi connectivity index (χ0) is 15.4. The van der Waals surface area contributed by atoms with Gasteiger partial charge in [0, 0.05) is 0 Å². The topological polar surface area (TPSA) is 59.6 Å². The second-order valence-electron chi connectivity index (χ2n) is 4.57. The monoisotopic (exact) mass is 306 g/mol. The summed E-state index contributed by atoms with van der Waals surface area (Å²) in [6.45, 7) is 4.40. The smallest absolute Gasteiger partial charge is 0.337 e. The molecule has 1 aliphatic heterocycles. The van der Waals surface area contributed by atoms with Crippen LogP contribution in [0.2, 0.25) is 0 Å². The highest BCUT2D eigenvalue weighted by atomic mass is 32.1. The Labute approximate surface area is 129 Å². The van der Waals surface area contributed by atoms with Gasteiger partial charge in [-0.15, -0.1) is 0 Å². The summed E-state index contributed by atoms with van der Waals surface area (Å²) >= 11 is 5.38. The molecule has 112 valence electrons. The third-order valence-corrected chi connectivity index (χ3v) is 3.48. The number of allylic oxidation sites excluding steroid dienone is 1. The van der Waals surface area contributed by atoms with E-state index < -0.39 is 0 Å². The van der Waals surface area contributed by atoms with Crippen molar-refractivity contribution in [2.45, 2.75) is 19.9 Å². The van der Waals surface area contributed by atoms with Crippen LogP contribution in [0.25, 0.3) is 0 Å². The van der Waals surface area contributed by atoms with Gasteiger partial charge < -0.3 is 20.1 Å². The predicted octanol–water partition coefficient (Wildman–Crippen LogP) is 2.26. The largest absolute Gasteiger partial charge is 0.478 e. The molecule has 1 aromatic rings. The van der Waals surface area contributed by atoms with E-state index >= 15 is 0 Å². The number of methoxy groups -OCH3 is 1. The van der Waals surface area contributed by atoms with Crippen LogP contribution in [-0.4, -0.2) is 24.7 Å². The second-order valence-corrected chi connectivity index (χ2v) is 5.01. The molecule has 1 aromatic carbocycles. The minimum absolute atomic E-state index is 0.183. The van der Waals surface area contributed by atoms with E-state index in [0.717, 1.165) is 11.3 Å². The van der Waals surface area contributed by atoms with E-state index in [4.69, 9.17) is 17.0 Å². The molecule has 2 rings (SSSR count). The van der Waals surface area contributed by atoms with Crippen molar-refractivity contribution in [2.75, 3.05) is 13.7 Å². The van der Waals surface area contributed by atoms with Crippen molar-refractivity contribution in [1.29, 1.82) is 0 Å². The van der Waals surface area contributed by atoms with Crippen LogP contribution in [-0.2, 0) is 9.47 Å². The Kier molecular flexibility index (Phi) is 4.80. The predicted molar refractivity (Wildman–Crippen MR) is 83.7 cm³/mol. The van der Waals surface area contributed by atoms with E-state index in [1.165, 1.54) is 7.11 Å². The van der Waals surface area contributed by atoms with Crippen molar-refractivity contribution in [3.8, 4) is 0 Å². The zero-order valence-electron chi connectivity index (χ0n) is 12.2. The van der Waals surface area contributed by atoms with Crippen molar-refractivity contribution in [1.82, 2.24) is 10.6 Å². The maximum atomic E-state index is 11.4. The number of rotatable bonds is 4. The Morgan fingerprint density at radius 3 is 2.57 bits per heavy atom. The average Bonchev–Trinajstić information content (AvgIpc) is 2.49. The van der Waals surface area contributed by atoms with Gasteiger partial charge in [0.2, 0.25) is 5.88 Å². The van der Waals surface area contributed by atoms with Crippen molar-refractivity contribution in [2.24, 2.45) is 0 Å². The summed E-state index contributed by atoms with van der Waals surface area (Å²) < 4.78 is 10.2. The first-order chi connectivity index (χ1) is 10.1. The van der Waals surface area contributed by atoms with Gasteiger partial charge in [-0.2, -0.15) is 0 Å². The first-order valence-electron chi connectivity index (χ1n) is 6.66. The molecule has 0 fully saturated rings. The fourth-order valence-corrected chi connectivity index (χ4v) is 2.43. The molecule has 0 spiro atoms. The van der Waals surface area contributed by atoms with E-state index in [0.29, 0.717) is 23.0 Å². The number of nitrogens with one attached hydrogen (secondary N) is 2. The third kappa shape index (κ3) is 3.33. The highest BCUT2D eigenvalue weighted by molar-refractivity contribution is 7.80. The van der Waals surface area contributed by atoms with Gasteiger partial charge in [0.05, 0.1) is 25.0 Å². The van der Waals surface area contributed by atoms with Gasteiger partial charge in [-0.05, 0) is 31.5 Å². The summed E-state index contributed by atoms with van der Waals surface area (Å²) in [6, 6.07) is 6.95. The van der Waals surface area contributed by atoms with Gasteiger partial charge in [0.25, 0.3) is 0 Å². The van der Waals surface area contributed by atoms with Gasteiger partial charge in [-0.1, -0.05) is 24.4 Å². The molecule has 1 unspecified atom stereocenters. The van der Waals surface area contributed by atoms with Gasteiger partial charge in [0.1, 0.15) is 11.0 Å². The van der Waals surface area contributed by atoms with Gasteiger partial charge >= 0.3 is 5.97 Å². The standard InChI is InChI=1S/C15H18N2O3S/c1-4-20-13-9(2)16-14(21)12(17-13)10-5-7-11(8-6-10)15(18)19-3/h5-8,12,17H,4H2,1-3H3,(H,16,21). The van der Waals surface area contributed by atoms with Gasteiger partial charge in [-0.3, -0.25) is 0 Å². The maximum absolute atomic E-state index is 11.4. The van der Waals surface area contributed by atoms with Crippen LogP contribution < -0.4 is 10.6 Å². The number of esters is 1. The molecular formula is C15H18N2O3S. The molecule has 1 aliphatic rings. The van der Waals surface area contributed by atoms with Crippen LogP contribution in [0.3, 0.4) is 0 Å². The lowest BCUT2D eigenvalue weighted by atomic mass is 10.0. The zero-order valence-corrected chi connectivity index (χ0v) is 13.0. The number of ether oxygens (including phenoxy) is 2. The van der Waals surface area contributed by atoms with Crippen molar-refractivity contribution in [3.05, 3.63) is 47.0 Å². The average molecular weight is 306 g/mol. The van der Waals surface area contributed by atoms with Crippen LogP contribution >= 0.6 is 12.2 Å². The Bertz CT molecular complexity index is 581. The summed E-state index contributed by atoms with van der Waals surface area (Å²) in [6.07, 6.45) is 0. The molecular weight excluding hydrogens is 288 g/mol. The van der Waals surface area contributed by atoms with Crippen LogP contribution in [0, 0.1) is 0 Å². The number of hydrogen-bond donors (Lipinski definition) is 2. The fraction of sp³-hybridized carbons (Fsp3) is 0.333. The fourth-order valence-electron chi connectivity index (χ4n) is 2.08. The number of benzene rings is 1. The van der Waals surface area contributed by atoms with Crippen LogP contribution in [0.1, 0.15) is 35.8 Å². The minimum Gasteiger partial charge on any atom is -0.478 e. The molecule has 21 heavy (non-hydrogen) atoms. The van der Waals surface area contributed by atoms with Crippen molar-refractivity contribution in [3.63, 3.8) is 0 Å². The number of carbonyl (C=O) groups is 1. The molecule has 6 heteroatoms. The third-order valence-electron chi connectivity index (χ3n) is 3.14. The second kappa shape index (κ2) is 6.58. The molecule has 0 aromatic heterocycles. The molecule has 0 amide bonds. The molecule has 5 nitrogen and oxygen atoms in total. The molecule has 0 saturated carbocycles. The lowest BCUT2D eigenvalue weighted by Gasteiger charge is -2.30. The molecule has 1 atom stereocenters. The maximum Gasteiger partial charge on any atom is 0.337 e. The minimum atomic E-state index is -0.357. The normalized spacial score (nSPS) is 17.9. The lowest BCUT2D eigenvalue weighted by molar-refractivity contribution is 0.0600. The van der Waals surface area contributed by atoms with Gasteiger partial charge in [0.15, 0.2) is 0 Å². The number of carbonyl (C=O) groups excluding carboxylic acids is 1. The van der Waals surface area contributed by atoms with E-state index in [2.05, 4.69) is 15.4 Å². The van der Waals surface area contributed by atoms with E-state index in [1.54, 1.807) is 12.1 Å². The summed E-state index contributed by atoms with van der Waals surface area (Å²) in [5.41, 5.74) is 2.32. The summed E-state index contributed by atoms with van der Waals surface area (Å²) in [5.74, 6) is 0.331. The Balaban J connectivity index is 2.21. The quantitative estimate of drug-likeness (QED) is 0.657. The van der Waals surface area contributed by atoms with Gasteiger partial charge in [-0.25, -0.2) is 4.79 Å². The van der Waals surface area contributed by atoms with Crippen molar-refractivity contribution < 1.29 is 14.3 Å². The molecule has 0 radical (unpaired) electrons. The van der Waals surface area contributed by atoms with E-state index in [-0.39, 0.29) is 12.0 Å². The van der Waals surface area contributed by atoms with E-state index in [9.17, 15) is 4.79 Å². The van der Waals surface area contributed by atoms with Crippen molar-refractivity contribution >= 4 is 23.2 Å². The number of thiocarbonyl (C=S) groups is 1. The lowest BCUT2D eigenvalue weighted by Crippen LogP contribution is -2.42. The Morgan fingerprint density at radius 2 is 2.00 bits per heavy atom. The first-order valence-corrected chi connectivity index (χ1v) is 7.07. The highest BCUT2D eigenvalue weighted by Crippen LogP contribution is 2.22. The Hall–Kier alpha value is -2.08. The Morgan fingerprint density at radius 1 is 1.33 bits per heavy atom.